The van der Waals surface area contributed by atoms with Crippen LogP contribution in [0.1, 0.15) is 19.8 Å². The molecule has 0 amide bonds. The van der Waals surface area contributed by atoms with Gasteiger partial charge in [0.1, 0.15) is 12.2 Å². The van der Waals surface area contributed by atoms with Gasteiger partial charge in [0, 0.05) is 12.0 Å². The topological polar surface area (TPSA) is 135 Å². The molecule has 38 heavy (non-hydrogen) atoms. The molecule has 5 rings (SSSR count). The predicted octanol–water partition coefficient (Wildman–Crippen LogP) is 4.02. The summed E-state index contributed by atoms with van der Waals surface area (Å²) in [5.74, 6) is 0.131. The smallest absolute Gasteiger partial charge is 0.296 e. The van der Waals surface area contributed by atoms with E-state index in [-0.39, 0.29) is 25.0 Å². The third kappa shape index (κ3) is 5.55. The van der Waals surface area contributed by atoms with Gasteiger partial charge in [-0.1, -0.05) is 54.9 Å². The Hall–Kier alpha value is -3.02. The van der Waals surface area contributed by atoms with Crippen molar-refractivity contribution in [1.29, 1.82) is 0 Å². The summed E-state index contributed by atoms with van der Waals surface area (Å²) in [4.78, 5) is 12.4. The van der Waals surface area contributed by atoms with Crippen LogP contribution in [-0.4, -0.2) is 70.9 Å². The number of aliphatic hydroxyl groups excluding tert-OH is 2. The van der Waals surface area contributed by atoms with Crippen LogP contribution in [0.25, 0.3) is 33.5 Å². The molecule has 9 nitrogen and oxygen atoms in total. The molecule has 0 spiro atoms. The molecule has 2 aromatic carbocycles. The molecule has 0 aliphatic carbocycles. The third-order valence-electron chi connectivity index (χ3n) is 6.47. The summed E-state index contributed by atoms with van der Waals surface area (Å²) in [6.45, 7) is 1.82. The molecule has 3 heterocycles. The average molecular weight is 558 g/mol. The van der Waals surface area contributed by atoms with E-state index in [1.165, 1.54) is 0 Å². The molecule has 2 aromatic heterocycles. The number of halogens is 1. The summed E-state index contributed by atoms with van der Waals surface area (Å²) in [7, 11) is -3.25. The van der Waals surface area contributed by atoms with Gasteiger partial charge in [-0.25, -0.2) is 13.4 Å². The quantitative estimate of drug-likeness (QED) is 0.296. The molecule has 3 N–H and O–H groups in total. The van der Waals surface area contributed by atoms with Gasteiger partial charge in [0.25, 0.3) is 6.01 Å². The van der Waals surface area contributed by atoms with E-state index in [9.17, 15) is 18.6 Å². The average Bonchev–Trinajstić information content (AvgIpc) is 3.29. The molecule has 1 aliphatic rings. The van der Waals surface area contributed by atoms with Gasteiger partial charge in [-0.3, -0.25) is 0 Å². The van der Waals surface area contributed by atoms with Gasteiger partial charge in [-0.2, -0.15) is 4.98 Å². The second-order valence-corrected chi connectivity index (χ2v) is 11.8. The highest BCUT2D eigenvalue weighted by Gasteiger charge is 2.31. The Balaban J connectivity index is 1.33. The van der Waals surface area contributed by atoms with E-state index >= 15 is 0 Å². The SMILES string of the molecule is CCCS(=O)(=O)c1ccc(-c2ccc(-c3nc4nc(OC5COC(CO)C(O)C5)[nH]c4cc3Cl)cc2)cc1. The lowest BCUT2D eigenvalue weighted by Crippen LogP contribution is -2.45. The maximum absolute atomic E-state index is 12.3. The zero-order chi connectivity index (χ0) is 26.9. The van der Waals surface area contributed by atoms with Gasteiger partial charge in [0.2, 0.25) is 0 Å². The molecule has 11 heteroatoms. The number of rotatable bonds is 8. The summed E-state index contributed by atoms with van der Waals surface area (Å²) in [5, 5.41) is 19.7. The molecule has 1 saturated heterocycles. The van der Waals surface area contributed by atoms with E-state index in [0.29, 0.717) is 39.6 Å². The molecule has 0 radical (unpaired) electrons. The second kappa shape index (κ2) is 11.0. The predicted molar refractivity (Wildman–Crippen MR) is 144 cm³/mol. The van der Waals surface area contributed by atoms with Crippen LogP contribution in [0.2, 0.25) is 5.02 Å². The number of nitrogens with one attached hydrogen (secondary N) is 1. The molecule has 3 unspecified atom stereocenters. The van der Waals surface area contributed by atoms with E-state index in [1.807, 2.05) is 31.2 Å². The van der Waals surface area contributed by atoms with Crippen molar-refractivity contribution in [2.24, 2.45) is 0 Å². The van der Waals surface area contributed by atoms with Gasteiger partial charge in [0.15, 0.2) is 15.5 Å². The highest BCUT2D eigenvalue weighted by atomic mass is 35.5. The Morgan fingerprint density at radius 3 is 2.37 bits per heavy atom. The fourth-order valence-electron chi connectivity index (χ4n) is 4.46. The summed E-state index contributed by atoms with van der Waals surface area (Å²) in [5.41, 5.74) is 4.23. The molecule has 200 valence electrons. The van der Waals surface area contributed by atoms with Crippen LogP contribution in [-0.2, 0) is 14.6 Å². The van der Waals surface area contributed by atoms with Crippen LogP contribution in [0.5, 0.6) is 6.01 Å². The van der Waals surface area contributed by atoms with E-state index in [1.54, 1.807) is 30.3 Å². The number of benzene rings is 2. The first kappa shape index (κ1) is 26.6. The van der Waals surface area contributed by atoms with Crippen molar-refractivity contribution in [3.8, 4) is 28.4 Å². The van der Waals surface area contributed by atoms with Crippen molar-refractivity contribution < 1.29 is 28.1 Å². The monoisotopic (exact) mass is 557 g/mol. The minimum atomic E-state index is -3.25. The highest BCUT2D eigenvalue weighted by molar-refractivity contribution is 7.91. The largest absolute Gasteiger partial charge is 0.459 e. The number of hydrogen-bond donors (Lipinski definition) is 3. The lowest BCUT2D eigenvalue weighted by molar-refractivity contribution is -0.131. The number of H-pyrrole nitrogens is 1. The Morgan fingerprint density at radius 1 is 1.08 bits per heavy atom. The minimum Gasteiger partial charge on any atom is -0.459 e. The van der Waals surface area contributed by atoms with Gasteiger partial charge in [0.05, 0.1) is 46.2 Å². The summed E-state index contributed by atoms with van der Waals surface area (Å²) in [6, 6.07) is 16.5. The van der Waals surface area contributed by atoms with Crippen LogP contribution in [0.15, 0.2) is 59.5 Å². The number of pyridine rings is 1. The summed E-state index contributed by atoms with van der Waals surface area (Å²) >= 11 is 6.55. The number of hydrogen-bond acceptors (Lipinski definition) is 8. The second-order valence-electron chi connectivity index (χ2n) is 9.25. The highest BCUT2D eigenvalue weighted by Crippen LogP contribution is 2.32. The Kier molecular flexibility index (Phi) is 7.69. The fourth-order valence-corrected chi connectivity index (χ4v) is 6.05. The molecular weight excluding hydrogens is 530 g/mol. The zero-order valence-corrected chi connectivity index (χ0v) is 22.2. The summed E-state index contributed by atoms with van der Waals surface area (Å²) in [6.07, 6.45) is -0.965. The van der Waals surface area contributed by atoms with Crippen molar-refractivity contribution >= 4 is 32.6 Å². The summed E-state index contributed by atoms with van der Waals surface area (Å²) < 4.78 is 35.8. The number of imidazole rings is 1. The van der Waals surface area contributed by atoms with Gasteiger partial charge < -0.3 is 24.7 Å². The lowest BCUT2D eigenvalue weighted by Gasteiger charge is -2.31. The van der Waals surface area contributed by atoms with Crippen molar-refractivity contribution in [3.63, 3.8) is 0 Å². The number of nitrogens with zero attached hydrogens (tertiary/aromatic N) is 2. The zero-order valence-electron chi connectivity index (χ0n) is 20.7. The molecule has 1 fully saturated rings. The molecule has 0 bridgehead atoms. The van der Waals surface area contributed by atoms with E-state index in [0.717, 1.165) is 16.7 Å². The van der Waals surface area contributed by atoms with Crippen LogP contribution >= 0.6 is 11.6 Å². The van der Waals surface area contributed by atoms with Crippen molar-refractivity contribution in [2.75, 3.05) is 19.0 Å². The molecule has 0 saturated carbocycles. The number of aromatic nitrogens is 3. The first-order valence-corrected chi connectivity index (χ1v) is 14.4. The molecule has 4 aromatic rings. The van der Waals surface area contributed by atoms with Crippen LogP contribution in [0.3, 0.4) is 0 Å². The standard InChI is InChI=1S/C27H28ClN3O6S/c1-2-11-38(34,35)20-9-7-17(8-10-20)16-3-5-18(6-4-16)25-21(28)13-22-26(30-25)31-27(29-22)37-19-12-23(33)24(14-32)36-15-19/h3-10,13,19,23-24,32-33H,2,11-12,14-15H2,1H3,(H,29,30,31). The fraction of sp³-hybridized carbons (Fsp3) is 0.333. The van der Waals surface area contributed by atoms with Gasteiger partial charge in [-0.15, -0.1) is 0 Å². The first-order valence-electron chi connectivity index (χ1n) is 12.3. The van der Waals surface area contributed by atoms with Crippen LogP contribution in [0, 0.1) is 0 Å². The van der Waals surface area contributed by atoms with E-state index in [4.69, 9.17) is 21.1 Å². The lowest BCUT2D eigenvalue weighted by atomic mass is 10.0. The van der Waals surface area contributed by atoms with Crippen LogP contribution in [0.4, 0.5) is 0 Å². The number of aliphatic hydroxyl groups is 2. The van der Waals surface area contributed by atoms with Crippen molar-refractivity contribution in [3.05, 3.63) is 59.6 Å². The van der Waals surface area contributed by atoms with Crippen LogP contribution < -0.4 is 4.74 Å². The molecule has 1 aliphatic heterocycles. The van der Waals surface area contributed by atoms with Gasteiger partial charge >= 0.3 is 0 Å². The molecular formula is C27H28ClN3O6S. The molecule has 3 atom stereocenters. The Bertz CT molecular complexity index is 1520. The normalized spacial score (nSPS) is 20.1. The maximum atomic E-state index is 12.3. The first-order chi connectivity index (χ1) is 18.3. The van der Waals surface area contributed by atoms with Gasteiger partial charge in [-0.05, 0) is 35.7 Å². The number of sulfone groups is 1. The minimum absolute atomic E-state index is 0.131. The van der Waals surface area contributed by atoms with E-state index < -0.39 is 28.1 Å². The Labute approximate surface area is 225 Å². The Morgan fingerprint density at radius 2 is 1.74 bits per heavy atom. The maximum Gasteiger partial charge on any atom is 0.296 e. The third-order valence-corrected chi connectivity index (χ3v) is 8.70. The van der Waals surface area contributed by atoms with Crippen molar-refractivity contribution in [2.45, 2.75) is 43.0 Å². The van der Waals surface area contributed by atoms with Crippen molar-refractivity contribution in [1.82, 2.24) is 15.0 Å². The number of fused-ring (bicyclic) bond motifs is 1. The van der Waals surface area contributed by atoms with E-state index in [2.05, 4.69) is 15.0 Å². The number of ether oxygens (including phenoxy) is 2. The number of aromatic amines is 1.